The Bertz CT molecular complexity index is 511. The molecule has 0 saturated heterocycles. The van der Waals surface area contributed by atoms with Crippen LogP contribution in [0.2, 0.25) is 0 Å². The number of benzene rings is 1. The van der Waals surface area contributed by atoms with Crippen LogP contribution in [0.25, 0.3) is 0 Å². The van der Waals surface area contributed by atoms with Crippen molar-refractivity contribution in [1.29, 1.82) is 0 Å². The zero-order valence-corrected chi connectivity index (χ0v) is 11.6. The van der Waals surface area contributed by atoms with Gasteiger partial charge in [-0.3, -0.25) is 9.59 Å². The normalized spacial score (nSPS) is 14.3. The van der Waals surface area contributed by atoms with Crippen molar-refractivity contribution in [2.75, 3.05) is 0 Å². The lowest BCUT2D eigenvalue weighted by atomic mass is 9.96. The predicted molar refractivity (Wildman–Crippen MR) is 69.7 cm³/mol. The van der Waals surface area contributed by atoms with E-state index in [1.54, 1.807) is 6.92 Å². The standard InChI is InChI=1S/C14H16F3NO3/c1-8(7-12(19)18-9(2)13(20)21)10-3-5-11(6-4-10)14(15,16)17/h3-6,8-9H,7H2,1-2H3,(H,18,19)(H,20,21). The number of rotatable bonds is 5. The largest absolute Gasteiger partial charge is 0.480 e. The fourth-order valence-corrected chi connectivity index (χ4v) is 1.76. The lowest BCUT2D eigenvalue weighted by molar-refractivity contribution is -0.141. The molecule has 2 N–H and O–H groups in total. The third kappa shape index (κ3) is 5.09. The van der Waals surface area contributed by atoms with Crippen LogP contribution in [0.3, 0.4) is 0 Å². The van der Waals surface area contributed by atoms with Crippen molar-refractivity contribution in [3.8, 4) is 0 Å². The number of halogens is 3. The second-order valence-electron chi connectivity index (χ2n) is 4.85. The first-order valence-corrected chi connectivity index (χ1v) is 6.30. The number of carboxylic acid groups (broad SMARTS) is 1. The molecule has 7 heteroatoms. The van der Waals surface area contributed by atoms with Crippen LogP contribution < -0.4 is 5.32 Å². The Morgan fingerprint density at radius 3 is 2.14 bits per heavy atom. The zero-order chi connectivity index (χ0) is 16.2. The minimum absolute atomic E-state index is 0.00296. The number of carbonyl (C=O) groups excluding carboxylic acids is 1. The summed E-state index contributed by atoms with van der Waals surface area (Å²) in [5.74, 6) is -1.92. The second-order valence-corrected chi connectivity index (χ2v) is 4.85. The molecule has 0 aliphatic heterocycles. The molecule has 0 radical (unpaired) electrons. The van der Waals surface area contributed by atoms with E-state index in [0.29, 0.717) is 5.56 Å². The van der Waals surface area contributed by atoms with Gasteiger partial charge in [-0.05, 0) is 30.5 Å². The summed E-state index contributed by atoms with van der Waals surface area (Å²) < 4.78 is 37.3. The second kappa shape index (κ2) is 6.60. The molecule has 0 spiro atoms. The third-order valence-electron chi connectivity index (χ3n) is 3.05. The van der Waals surface area contributed by atoms with Gasteiger partial charge in [-0.1, -0.05) is 19.1 Å². The lowest BCUT2D eigenvalue weighted by Crippen LogP contribution is -2.38. The van der Waals surface area contributed by atoms with Gasteiger partial charge in [0.15, 0.2) is 0 Å². The summed E-state index contributed by atoms with van der Waals surface area (Å²) >= 11 is 0. The van der Waals surface area contributed by atoms with Crippen molar-refractivity contribution in [2.24, 2.45) is 0 Å². The number of hydrogen-bond acceptors (Lipinski definition) is 2. The van der Waals surface area contributed by atoms with Gasteiger partial charge in [0.1, 0.15) is 6.04 Å². The average Bonchev–Trinajstić information content (AvgIpc) is 2.37. The summed E-state index contributed by atoms with van der Waals surface area (Å²) in [4.78, 5) is 22.2. The molecule has 0 fully saturated rings. The number of carboxylic acids is 1. The molecule has 1 aromatic rings. The molecule has 0 aliphatic rings. The molecule has 0 bridgehead atoms. The van der Waals surface area contributed by atoms with Gasteiger partial charge in [0.2, 0.25) is 5.91 Å². The van der Waals surface area contributed by atoms with Gasteiger partial charge in [-0.25, -0.2) is 0 Å². The maximum Gasteiger partial charge on any atom is 0.416 e. The minimum Gasteiger partial charge on any atom is -0.480 e. The van der Waals surface area contributed by atoms with E-state index >= 15 is 0 Å². The molecular weight excluding hydrogens is 287 g/mol. The van der Waals surface area contributed by atoms with Crippen molar-refractivity contribution in [3.05, 3.63) is 35.4 Å². The maximum absolute atomic E-state index is 12.4. The summed E-state index contributed by atoms with van der Waals surface area (Å²) in [5, 5.41) is 11.0. The first kappa shape index (κ1) is 17.0. The van der Waals surface area contributed by atoms with Crippen LogP contribution in [0.4, 0.5) is 13.2 Å². The van der Waals surface area contributed by atoms with E-state index in [-0.39, 0.29) is 12.3 Å². The minimum atomic E-state index is -4.39. The summed E-state index contributed by atoms with van der Waals surface area (Å²) in [7, 11) is 0. The van der Waals surface area contributed by atoms with Gasteiger partial charge < -0.3 is 10.4 Å². The molecule has 116 valence electrons. The number of aliphatic carboxylic acids is 1. The molecule has 2 atom stereocenters. The SMILES string of the molecule is CC(NC(=O)CC(C)c1ccc(C(F)(F)F)cc1)C(=O)O. The van der Waals surface area contributed by atoms with Crippen LogP contribution in [0.15, 0.2) is 24.3 Å². The van der Waals surface area contributed by atoms with E-state index in [1.165, 1.54) is 19.1 Å². The number of hydrogen-bond donors (Lipinski definition) is 2. The van der Waals surface area contributed by atoms with E-state index in [1.807, 2.05) is 0 Å². The Morgan fingerprint density at radius 2 is 1.71 bits per heavy atom. The molecule has 1 aromatic carbocycles. The van der Waals surface area contributed by atoms with Gasteiger partial charge in [0.25, 0.3) is 0 Å². The molecule has 0 aromatic heterocycles. The maximum atomic E-state index is 12.4. The Morgan fingerprint density at radius 1 is 1.19 bits per heavy atom. The Labute approximate surface area is 120 Å². The summed E-state index contributed by atoms with van der Waals surface area (Å²) in [5.41, 5.74) is -0.163. The smallest absolute Gasteiger partial charge is 0.416 e. The van der Waals surface area contributed by atoms with Crippen molar-refractivity contribution in [3.63, 3.8) is 0 Å². The summed E-state index contributed by atoms with van der Waals surface area (Å²) in [6.07, 6.45) is -4.39. The summed E-state index contributed by atoms with van der Waals surface area (Å²) in [6.45, 7) is 3.02. The van der Waals surface area contributed by atoms with Gasteiger partial charge in [0.05, 0.1) is 5.56 Å². The van der Waals surface area contributed by atoms with Crippen molar-refractivity contribution >= 4 is 11.9 Å². The number of nitrogens with one attached hydrogen (secondary N) is 1. The van der Waals surface area contributed by atoms with Crippen LogP contribution in [0.1, 0.15) is 37.3 Å². The molecule has 21 heavy (non-hydrogen) atoms. The molecule has 2 unspecified atom stereocenters. The van der Waals surface area contributed by atoms with Gasteiger partial charge in [-0.2, -0.15) is 13.2 Å². The molecule has 1 amide bonds. The quantitative estimate of drug-likeness (QED) is 0.879. The van der Waals surface area contributed by atoms with E-state index in [0.717, 1.165) is 12.1 Å². The van der Waals surface area contributed by atoms with Crippen LogP contribution in [-0.4, -0.2) is 23.0 Å². The monoisotopic (exact) mass is 303 g/mol. The zero-order valence-electron chi connectivity index (χ0n) is 11.6. The highest BCUT2D eigenvalue weighted by Gasteiger charge is 2.30. The highest BCUT2D eigenvalue weighted by Crippen LogP contribution is 2.30. The summed E-state index contributed by atoms with van der Waals surface area (Å²) in [6, 6.07) is 3.56. The number of carbonyl (C=O) groups is 2. The van der Waals surface area contributed by atoms with Crippen molar-refractivity contribution < 1.29 is 27.9 Å². The van der Waals surface area contributed by atoms with Gasteiger partial charge >= 0.3 is 12.1 Å². The average molecular weight is 303 g/mol. The molecule has 0 heterocycles. The molecular formula is C14H16F3NO3. The topological polar surface area (TPSA) is 66.4 Å². The number of alkyl halides is 3. The Kier molecular flexibility index (Phi) is 5.34. The number of amides is 1. The highest BCUT2D eigenvalue weighted by atomic mass is 19.4. The van der Waals surface area contributed by atoms with Crippen molar-refractivity contribution in [2.45, 2.75) is 38.4 Å². The Hall–Kier alpha value is -2.05. The van der Waals surface area contributed by atoms with E-state index in [4.69, 9.17) is 5.11 Å². The van der Waals surface area contributed by atoms with Gasteiger partial charge in [-0.15, -0.1) is 0 Å². The highest BCUT2D eigenvalue weighted by molar-refractivity contribution is 5.83. The molecule has 1 rings (SSSR count). The molecule has 4 nitrogen and oxygen atoms in total. The first-order valence-electron chi connectivity index (χ1n) is 6.30. The fourth-order valence-electron chi connectivity index (χ4n) is 1.76. The van der Waals surface area contributed by atoms with Crippen molar-refractivity contribution in [1.82, 2.24) is 5.32 Å². The molecule has 0 aliphatic carbocycles. The van der Waals surface area contributed by atoms with Crippen LogP contribution >= 0.6 is 0 Å². The van der Waals surface area contributed by atoms with Gasteiger partial charge in [0, 0.05) is 6.42 Å². The molecule has 0 saturated carbocycles. The van der Waals surface area contributed by atoms with Crippen LogP contribution in [0, 0.1) is 0 Å². The third-order valence-corrected chi connectivity index (χ3v) is 3.05. The van der Waals surface area contributed by atoms with Crippen LogP contribution in [-0.2, 0) is 15.8 Å². The lowest BCUT2D eigenvalue weighted by Gasteiger charge is -2.15. The first-order chi connectivity index (χ1) is 9.61. The predicted octanol–water partition coefficient (Wildman–Crippen LogP) is 2.79. The Balaban J connectivity index is 2.65. The van der Waals surface area contributed by atoms with E-state index in [9.17, 15) is 22.8 Å². The van der Waals surface area contributed by atoms with Crippen LogP contribution in [0.5, 0.6) is 0 Å². The van der Waals surface area contributed by atoms with E-state index < -0.39 is 29.7 Å². The van der Waals surface area contributed by atoms with E-state index in [2.05, 4.69) is 5.32 Å². The fraction of sp³-hybridized carbons (Fsp3) is 0.429.